The van der Waals surface area contributed by atoms with Crippen molar-refractivity contribution in [3.8, 4) is 0 Å². The van der Waals surface area contributed by atoms with Crippen LogP contribution in [-0.2, 0) is 0 Å². The SMILES string of the molecule is CCN(C(=O)c1cnn([C@@H](C)C(C)C)c1C)c1cccnc1. The number of pyridine rings is 1. The van der Waals surface area contributed by atoms with Crippen LogP contribution in [0.4, 0.5) is 5.69 Å². The highest BCUT2D eigenvalue weighted by Crippen LogP contribution is 2.22. The van der Waals surface area contributed by atoms with Gasteiger partial charge in [-0.2, -0.15) is 5.10 Å². The minimum Gasteiger partial charge on any atom is -0.307 e. The lowest BCUT2D eigenvalue weighted by Crippen LogP contribution is -2.31. The summed E-state index contributed by atoms with van der Waals surface area (Å²) in [5, 5.41) is 4.42. The van der Waals surface area contributed by atoms with E-state index in [4.69, 9.17) is 0 Å². The fraction of sp³-hybridized carbons (Fsp3) is 0.471. The van der Waals surface area contributed by atoms with Crippen LogP contribution in [0.25, 0.3) is 0 Å². The van der Waals surface area contributed by atoms with Crippen molar-refractivity contribution in [2.75, 3.05) is 11.4 Å². The Hall–Kier alpha value is -2.17. The molecule has 0 N–H and O–H groups in total. The highest BCUT2D eigenvalue weighted by atomic mass is 16.2. The van der Waals surface area contributed by atoms with E-state index >= 15 is 0 Å². The smallest absolute Gasteiger partial charge is 0.261 e. The molecule has 5 heteroatoms. The van der Waals surface area contributed by atoms with Crippen LogP contribution in [0.3, 0.4) is 0 Å². The maximum atomic E-state index is 12.8. The summed E-state index contributed by atoms with van der Waals surface area (Å²) in [7, 11) is 0. The Morgan fingerprint density at radius 3 is 2.59 bits per heavy atom. The molecular weight excluding hydrogens is 276 g/mol. The molecule has 2 rings (SSSR count). The van der Waals surface area contributed by atoms with Gasteiger partial charge in [-0.3, -0.25) is 14.5 Å². The number of nitrogens with zero attached hydrogens (tertiary/aromatic N) is 4. The van der Waals surface area contributed by atoms with Crippen LogP contribution in [0.5, 0.6) is 0 Å². The summed E-state index contributed by atoms with van der Waals surface area (Å²) in [6, 6.07) is 3.99. The van der Waals surface area contributed by atoms with Gasteiger partial charge in [-0.05, 0) is 38.8 Å². The van der Waals surface area contributed by atoms with Crippen molar-refractivity contribution in [1.29, 1.82) is 0 Å². The summed E-state index contributed by atoms with van der Waals surface area (Å²) in [4.78, 5) is 18.7. The van der Waals surface area contributed by atoms with Crippen LogP contribution in [0.2, 0.25) is 0 Å². The van der Waals surface area contributed by atoms with Gasteiger partial charge in [-0.1, -0.05) is 13.8 Å². The monoisotopic (exact) mass is 300 g/mol. The Labute approximate surface area is 132 Å². The fourth-order valence-corrected chi connectivity index (χ4v) is 2.43. The molecule has 2 aromatic heterocycles. The van der Waals surface area contributed by atoms with Gasteiger partial charge in [0, 0.05) is 18.4 Å². The lowest BCUT2D eigenvalue weighted by Gasteiger charge is -2.21. The number of hydrogen-bond donors (Lipinski definition) is 0. The van der Waals surface area contributed by atoms with Gasteiger partial charge >= 0.3 is 0 Å². The van der Waals surface area contributed by atoms with Gasteiger partial charge in [0.1, 0.15) is 0 Å². The van der Waals surface area contributed by atoms with Crippen molar-refractivity contribution in [1.82, 2.24) is 14.8 Å². The van der Waals surface area contributed by atoms with Crippen molar-refractivity contribution in [3.63, 3.8) is 0 Å². The average molecular weight is 300 g/mol. The second-order valence-electron chi connectivity index (χ2n) is 5.83. The summed E-state index contributed by atoms with van der Waals surface area (Å²) < 4.78 is 1.94. The fourth-order valence-electron chi connectivity index (χ4n) is 2.43. The Morgan fingerprint density at radius 2 is 2.05 bits per heavy atom. The average Bonchev–Trinajstić information content (AvgIpc) is 2.89. The van der Waals surface area contributed by atoms with E-state index in [0.29, 0.717) is 18.0 Å². The highest BCUT2D eigenvalue weighted by molar-refractivity contribution is 6.06. The molecule has 0 radical (unpaired) electrons. The summed E-state index contributed by atoms with van der Waals surface area (Å²) in [6.07, 6.45) is 5.09. The van der Waals surface area contributed by atoms with Gasteiger partial charge in [-0.15, -0.1) is 0 Å². The zero-order valence-corrected chi connectivity index (χ0v) is 13.9. The van der Waals surface area contributed by atoms with E-state index in [1.54, 1.807) is 23.5 Å². The molecule has 118 valence electrons. The molecule has 22 heavy (non-hydrogen) atoms. The molecule has 0 aliphatic rings. The topological polar surface area (TPSA) is 51.0 Å². The summed E-state index contributed by atoms with van der Waals surface area (Å²) >= 11 is 0. The normalized spacial score (nSPS) is 12.5. The van der Waals surface area contributed by atoms with Crippen molar-refractivity contribution < 1.29 is 4.79 Å². The standard InChI is InChI=1S/C17H24N4O/c1-6-20(15-8-7-9-18-10-15)17(22)16-11-19-21(14(16)5)13(4)12(2)3/h7-13H,6H2,1-5H3/t13-/m0/s1. The van der Waals surface area contributed by atoms with Crippen molar-refractivity contribution in [3.05, 3.63) is 42.0 Å². The number of rotatable bonds is 5. The van der Waals surface area contributed by atoms with E-state index in [1.165, 1.54) is 0 Å². The first-order chi connectivity index (χ1) is 10.5. The second kappa shape index (κ2) is 6.73. The molecule has 0 aliphatic carbocycles. The van der Waals surface area contributed by atoms with Crippen LogP contribution in [0, 0.1) is 12.8 Å². The molecule has 0 fully saturated rings. The van der Waals surface area contributed by atoms with Gasteiger partial charge in [0.05, 0.1) is 29.7 Å². The molecule has 0 saturated carbocycles. The Balaban J connectivity index is 2.33. The minimum absolute atomic E-state index is 0.0322. The van der Waals surface area contributed by atoms with E-state index in [2.05, 4.69) is 30.9 Å². The molecule has 1 atom stereocenters. The Morgan fingerprint density at radius 1 is 1.32 bits per heavy atom. The molecule has 0 bridgehead atoms. The number of anilines is 1. The molecule has 5 nitrogen and oxygen atoms in total. The highest BCUT2D eigenvalue weighted by Gasteiger charge is 2.23. The van der Waals surface area contributed by atoms with Crippen molar-refractivity contribution in [2.24, 2.45) is 5.92 Å². The second-order valence-corrected chi connectivity index (χ2v) is 5.83. The number of carbonyl (C=O) groups excluding carboxylic acids is 1. The van der Waals surface area contributed by atoms with Crippen LogP contribution in [0.15, 0.2) is 30.7 Å². The van der Waals surface area contributed by atoms with Gasteiger partial charge in [0.25, 0.3) is 5.91 Å². The first kappa shape index (κ1) is 16.2. The summed E-state index contributed by atoms with van der Waals surface area (Å²) in [5.74, 6) is 0.428. The van der Waals surface area contributed by atoms with Crippen LogP contribution in [0.1, 0.15) is 49.8 Å². The number of carbonyl (C=O) groups is 1. The minimum atomic E-state index is -0.0322. The van der Waals surface area contributed by atoms with Crippen molar-refractivity contribution >= 4 is 11.6 Å². The molecule has 0 aromatic carbocycles. The quantitative estimate of drug-likeness (QED) is 0.849. The van der Waals surface area contributed by atoms with E-state index in [0.717, 1.165) is 11.4 Å². The molecule has 0 unspecified atom stereocenters. The van der Waals surface area contributed by atoms with Crippen LogP contribution < -0.4 is 4.90 Å². The molecule has 0 spiro atoms. The van der Waals surface area contributed by atoms with Crippen LogP contribution in [-0.4, -0.2) is 27.2 Å². The first-order valence-electron chi connectivity index (χ1n) is 7.73. The largest absolute Gasteiger partial charge is 0.307 e. The molecule has 1 amide bonds. The maximum Gasteiger partial charge on any atom is 0.261 e. The number of hydrogen-bond acceptors (Lipinski definition) is 3. The van der Waals surface area contributed by atoms with E-state index in [-0.39, 0.29) is 11.9 Å². The molecule has 0 aliphatic heterocycles. The molecular formula is C17H24N4O. The third-order valence-electron chi connectivity index (χ3n) is 4.14. The number of aromatic nitrogens is 3. The third kappa shape index (κ3) is 3.03. The first-order valence-corrected chi connectivity index (χ1v) is 7.73. The summed E-state index contributed by atoms with van der Waals surface area (Å²) in [5.41, 5.74) is 2.37. The zero-order valence-electron chi connectivity index (χ0n) is 13.9. The number of amides is 1. The van der Waals surface area contributed by atoms with Gasteiger partial charge in [0.15, 0.2) is 0 Å². The predicted molar refractivity (Wildman–Crippen MR) is 88.1 cm³/mol. The van der Waals surface area contributed by atoms with Gasteiger partial charge in [0.2, 0.25) is 0 Å². The Kier molecular flexibility index (Phi) is 4.96. The lowest BCUT2D eigenvalue weighted by atomic mass is 10.1. The summed E-state index contributed by atoms with van der Waals surface area (Å²) in [6.45, 7) is 10.9. The van der Waals surface area contributed by atoms with Crippen LogP contribution >= 0.6 is 0 Å². The van der Waals surface area contributed by atoms with Gasteiger partial charge < -0.3 is 4.90 Å². The van der Waals surface area contributed by atoms with Gasteiger partial charge in [-0.25, -0.2) is 0 Å². The Bertz CT molecular complexity index is 633. The maximum absolute atomic E-state index is 12.8. The molecule has 0 saturated heterocycles. The van der Waals surface area contributed by atoms with E-state index in [1.807, 2.05) is 30.7 Å². The van der Waals surface area contributed by atoms with E-state index < -0.39 is 0 Å². The molecule has 2 heterocycles. The zero-order chi connectivity index (χ0) is 16.3. The third-order valence-corrected chi connectivity index (χ3v) is 4.14. The van der Waals surface area contributed by atoms with Crippen molar-refractivity contribution in [2.45, 2.75) is 40.7 Å². The molecule has 2 aromatic rings. The lowest BCUT2D eigenvalue weighted by molar-refractivity contribution is 0.0987. The van der Waals surface area contributed by atoms with E-state index in [9.17, 15) is 4.79 Å². The predicted octanol–water partition coefficient (Wildman–Crippen LogP) is 3.47.